The second kappa shape index (κ2) is 22.6. The molecule has 1 fully saturated rings. The van der Waals surface area contributed by atoms with Crippen molar-refractivity contribution in [1.29, 1.82) is 0 Å². The van der Waals surface area contributed by atoms with Crippen molar-refractivity contribution in [3.05, 3.63) is 13.8 Å². The van der Waals surface area contributed by atoms with E-state index in [1.54, 1.807) is 28.4 Å². The van der Waals surface area contributed by atoms with Crippen LogP contribution in [0.5, 0.6) is 0 Å². The Morgan fingerprint density at radius 3 is 1.96 bits per heavy atom. The van der Waals surface area contributed by atoms with Gasteiger partial charge in [0.2, 0.25) is 0 Å². The smallest absolute Gasteiger partial charge is 0.0609 e. The summed E-state index contributed by atoms with van der Waals surface area (Å²) in [7, 11) is 6.94. The number of rotatable bonds is 15. The van der Waals surface area contributed by atoms with E-state index in [0.29, 0.717) is 30.5 Å². The number of hydrogen-bond acceptors (Lipinski definition) is 5. The molecule has 1 saturated heterocycles. The van der Waals surface area contributed by atoms with E-state index in [1.807, 2.05) is 0 Å². The quantitative estimate of drug-likeness (QED) is 0.261. The van der Waals surface area contributed by atoms with Gasteiger partial charge in [0.15, 0.2) is 0 Å². The summed E-state index contributed by atoms with van der Waals surface area (Å²) in [4.78, 5) is 0. The van der Waals surface area contributed by atoms with Crippen LogP contribution in [0.3, 0.4) is 0 Å². The number of methoxy groups -OCH3 is 4. The zero-order valence-corrected chi connectivity index (χ0v) is 21.7. The fraction of sp³-hybridized carbons (Fsp3) is 0.909. The van der Waals surface area contributed by atoms with Gasteiger partial charge in [-0.1, -0.05) is 13.0 Å². The first-order valence-electron chi connectivity index (χ1n) is 10.4. The van der Waals surface area contributed by atoms with Crippen LogP contribution in [-0.4, -0.2) is 67.6 Å². The van der Waals surface area contributed by atoms with Crippen LogP contribution in [0.1, 0.15) is 44.9 Å². The van der Waals surface area contributed by atoms with Crippen molar-refractivity contribution in [2.75, 3.05) is 61.5 Å². The molecule has 0 aromatic heterocycles. The topological polar surface area (TPSA) is 46.2 Å². The van der Waals surface area contributed by atoms with Crippen LogP contribution in [0, 0.1) is 31.6 Å². The van der Waals surface area contributed by atoms with Crippen LogP contribution < -0.4 is 0 Å². The third-order valence-corrected chi connectivity index (χ3v) is 5.18. The molecule has 1 aliphatic rings. The predicted octanol–water partition coefficient (Wildman–Crippen LogP) is 4.20. The summed E-state index contributed by atoms with van der Waals surface area (Å²) >= 11 is 0. The van der Waals surface area contributed by atoms with E-state index < -0.39 is 0 Å². The molecule has 6 heteroatoms. The Bertz CT molecular complexity index is 305. The number of unbranched alkanes of at least 4 members (excludes halogenated alkanes) is 1. The predicted molar refractivity (Wildman–Crippen MR) is 111 cm³/mol. The van der Waals surface area contributed by atoms with Gasteiger partial charge in [0.25, 0.3) is 0 Å². The summed E-state index contributed by atoms with van der Waals surface area (Å²) in [5, 5.41) is 0. The van der Waals surface area contributed by atoms with Gasteiger partial charge in [0, 0.05) is 87.6 Å². The van der Waals surface area contributed by atoms with E-state index in [4.69, 9.17) is 18.9 Å². The maximum absolute atomic E-state index is 6.18. The van der Waals surface area contributed by atoms with E-state index in [1.165, 1.54) is 19.3 Å². The first kappa shape index (κ1) is 31.1. The summed E-state index contributed by atoms with van der Waals surface area (Å²) < 4.78 is 26.2. The molecule has 0 aromatic carbocycles. The summed E-state index contributed by atoms with van der Waals surface area (Å²) in [5.74, 6) is 1.60. The van der Waals surface area contributed by atoms with E-state index in [0.717, 1.165) is 52.1 Å². The SMILES string of the molecule is [CH2-]C1COC(C(CCCCOC)CCCOC)C1CCCOC.[CH2-]COC.[Y]. The van der Waals surface area contributed by atoms with E-state index in [2.05, 4.69) is 18.6 Å². The normalized spacial score (nSPS) is 22.3. The van der Waals surface area contributed by atoms with E-state index >= 15 is 0 Å². The molecule has 5 nitrogen and oxygen atoms in total. The maximum atomic E-state index is 6.18. The van der Waals surface area contributed by atoms with Gasteiger partial charge in [-0.05, 0) is 50.4 Å². The largest absolute Gasteiger partial charge is 0.417 e. The van der Waals surface area contributed by atoms with Crippen molar-refractivity contribution in [3.63, 3.8) is 0 Å². The fourth-order valence-corrected chi connectivity index (χ4v) is 3.71. The molecule has 0 bridgehead atoms. The molecule has 1 radical (unpaired) electrons. The molecule has 0 aromatic rings. The van der Waals surface area contributed by atoms with Crippen LogP contribution in [0.2, 0.25) is 0 Å². The van der Waals surface area contributed by atoms with Gasteiger partial charge in [0.1, 0.15) is 0 Å². The van der Waals surface area contributed by atoms with Crippen molar-refractivity contribution in [1.82, 2.24) is 0 Å². The molecular formula is C22H44O5Y-2. The zero-order valence-electron chi connectivity index (χ0n) is 18.8. The molecule has 28 heavy (non-hydrogen) atoms. The minimum absolute atomic E-state index is 0. The van der Waals surface area contributed by atoms with Crippen molar-refractivity contribution in [2.45, 2.75) is 51.0 Å². The Morgan fingerprint density at radius 1 is 0.857 bits per heavy atom. The van der Waals surface area contributed by atoms with Crippen LogP contribution in [0.4, 0.5) is 0 Å². The molecule has 4 atom stereocenters. The van der Waals surface area contributed by atoms with Crippen molar-refractivity contribution >= 4 is 0 Å². The Balaban J connectivity index is 0. The van der Waals surface area contributed by atoms with Crippen molar-refractivity contribution < 1.29 is 56.4 Å². The molecule has 1 aliphatic heterocycles. The fourth-order valence-electron chi connectivity index (χ4n) is 3.71. The molecule has 0 N–H and O–H groups in total. The average Bonchev–Trinajstić information content (AvgIpc) is 3.05. The summed E-state index contributed by atoms with van der Waals surface area (Å²) in [6.07, 6.45) is 8.45. The molecule has 0 spiro atoms. The van der Waals surface area contributed by atoms with Gasteiger partial charge in [0.05, 0.1) is 6.10 Å². The number of hydrogen-bond donors (Lipinski definition) is 0. The third-order valence-electron chi connectivity index (χ3n) is 5.18. The minimum atomic E-state index is 0. The first-order valence-corrected chi connectivity index (χ1v) is 10.4. The maximum Gasteiger partial charge on any atom is 0.0609 e. The van der Waals surface area contributed by atoms with Gasteiger partial charge < -0.3 is 37.5 Å². The van der Waals surface area contributed by atoms with Gasteiger partial charge in [-0.3, -0.25) is 0 Å². The Morgan fingerprint density at radius 2 is 1.39 bits per heavy atom. The molecule has 0 saturated carbocycles. The van der Waals surface area contributed by atoms with Crippen molar-refractivity contribution in [3.8, 4) is 0 Å². The van der Waals surface area contributed by atoms with Crippen LogP contribution >= 0.6 is 0 Å². The monoisotopic (exact) mass is 477 g/mol. The van der Waals surface area contributed by atoms with Gasteiger partial charge in [-0.25, -0.2) is 0 Å². The van der Waals surface area contributed by atoms with E-state index in [-0.39, 0.29) is 32.7 Å². The molecule has 4 unspecified atom stereocenters. The molecule has 0 aliphatic carbocycles. The second-order valence-corrected chi connectivity index (χ2v) is 7.23. The average molecular weight is 477 g/mol. The third kappa shape index (κ3) is 14.8. The Hall–Kier alpha value is 0.904. The van der Waals surface area contributed by atoms with Crippen LogP contribution in [0.15, 0.2) is 0 Å². The van der Waals surface area contributed by atoms with Gasteiger partial charge in [-0.15, -0.1) is 5.92 Å². The molecule has 0 amide bonds. The van der Waals surface area contributed by atoms with Gasteiger partial charge in [-0.2, -0.15) is 0 Å². The Kier molecular flexibility index (Phi) is 25.1. The molecular weight excluding hydrogens is 433 g/mol. The molecule has 1 heterocycles. The molecule has 1 rings (SSSR count). The zero-order chi connectivity index (χ0) is 20.3. The van der Waals surface area contributed by atoms with Gasteiger partial charge >= 0.3 is 0 Å². The Labute approximate surface area is 199 Å². The van der Waals surface area contributed by atoms with Crippen molar-refractivity contribution in [2.24, 2.45) is 17.8 Å². The summed E-state index contributed by atoms with van der Waals surface area (Å²) in [6, 6.07) is 0. The summed E-state index contributed by atoms with van der Waals surface area (Å²) in [5.41, 5.74) is 0. The first-order chi connectivity index (χ1) is 13.2. The van der Waals surface area contributed by atoms with E-state index in [9.17, 15) is 0 Å². The summed E-state index contributed by atoms with van der Waals surface area (Å²) in [6.45, 7) is 11.6. The minimum Gasteiger partial charge on any atom is -0.417 e. The van der Waals surface area contributed by atoms with Crippen LogP contribution in [-0.2, 0) is 56.4 Å². The molecule has 167 valence electrons. The van der Waals surface area contributed by atoms with Crippen LogP contribution in [0.25, 0.3) is 0 Å². The standard InChI is InChI=1S/C19H37O4.C3H7O.Y/c1-16-15-23-19(18(16)11-8-14-22-4)17(10-7-13-21-3)9-5-6-12-20-2;1-3-4-2;/h16-19H,1,5-15H2,2-4H3;1,3H2,2H3;/q2*-1;. The second-order valence-electron chi connectivity index (χ2n) is 7.23. The number of ether oxygens (including phenoxy) is 5.